The number of nitrogens with one attached hydrogen (secondary N) is 1. The van der Waals surface area contributed by atoms with Crippen LogP contribution in [0, 0.1) is 11.6 Å². The minimum atomic E-state index is -4.13. The molecule has 0 radical (unpaired) electrons. The highest BCUT2D eigenvalue weighted by atomic mass is 32.2. The van der Waals surface area contributed by atoms with Gasteiger partial charge in [0.25, 0.3) is 0 Å². The predicted molar refractivity (Wildman–Crippen MR) is 121 cm³/mol. The summed E-state index contributed by atoms with van der Waals surface area (Å²) in [7, 11) is -0.756. The van der Waals surface area contributed by atoms with Crippen molar-refractivity contribution in [3.8, 4) is 5.75 Å². The number of anilines is 2. The van der Waals surface area contributed by atoms with Gasteiger partial charge >= 0.3 is 10.2 Å². The Labute approximate surface area is 183 Å². The zero-order valence-electron chi connectivity index (χ0n) is 17.9. The fraction of sp³-hybridized carbons (Fsp3) is 0.364. The van der Waals surface area contributed by atoms with Crippen LogP contribution in [0.5, 0.6) is 5.75 Å². The lowest BCUT2D eigenvalue weighted by Crippen LogP contribution is -2.32. The Hall–Kier alpha value is -2.65. The van der Waals surface area contributed by atoms with E-state index in [1.165, 1.54) is 7.05 Å². The molecule has 0 aliphatic carbocycles. The number of unbranched alkanes of at least 4 members (excludes halogenated alkanes) is 2. The molecule has 0 aliphatic rings. The molecular formula is C22H29F2N3O3S. The maximum atomic E-state index is 13.8. The van der Waals surface area contributed by atoms with Crippen molar-refractivity contribution in [3.63, 3.8) is 0 Å². The van der Waals surface area contributed by atoms with Gasteiger partial charge in [0.2, 0.25) is 0 Å². The predicted octanol–water partition coefficient (Wildman–Crippen LogP) is 4.42. The quantitative estimate of drug-likeness (QED) is 0.360. The SMILES string of the molecule is C=CCN(C)CCCCCOc1ccc(N(C)S(=O)(=O)Nc2cc(F)ccc2F)cc1. The Balaban J connectivity index is 1.84. The average molecular weight is 454 g/mol. The molecule has 0 aliphatic heterocycles. The van der Waals surface area contributed by atoms with Crippen molar-refractivity contribution in [2.45, 2.75) is 19.3 Å². The van der Waals surface area contributed by atoms with Gasteiger partial charge in [0.05, 0.1) is 18.0 Å². The molecule has 2 aromatic rings. The van der Waals surface area contributed by atoms with Crippen molar-refractivity contribution in [2.75, 3.05) is 42.8 Å². The van der Waals surface area contributed by atoms with Gasteiger partial charge in [-0.1, -0.05) is 6.08 Å². The molecule has 0 bridgehead atoms. The number of halogens is 2. The van der Waals surface area contributed by atoms with Crippen molar-refractivity contribution in [1.29, 1.82) is 0 Å². The van der Waals surface area contributed by atoms with Gasteiger partial charge in [0, 0.05) is 19.7 Å². The van der Waals surface area contributed by atoms with Crippen molar-refractivity contribution < 1.29 is 21.9 Å². The van der Waals surface area contributed by atoms with Gasteiger partial charge in [-0.05, 0) is 69.3 Å². The third-order valence-corrected chi connectivity index (χ3v) is 6.03. The standard InChI is InChI=1S/C22H29F2N3O3S/c1-4-14-26(2)15-6-5-7-16-30-20-11-9-19(10-12-20)27(3)31(28,29)25-22-17-18(23)8-13-21(22)24/h4,8-13,17,25H,1,5-7,14-16H2,2-3H3. The molecule has 170 valence electrons. The van der Waals surface area contributed by atoms with Crippen LogP contribution >= 0.6 is 0 Å². The molecular weight excluding hydrogens is 424 g/mol. The van der Waals surface area contributed by atoms with Crippen molar-refractivity contribution >= 4 is 21.6 Å². The highest BCUT2D eigenvalue weighted by Crippen LogP contribution is 2.23. The van der Waals surface area contributed by atoms with Crippen LogP contribution in [-0.4, -0.2) is 47.1 Å². The smallest absolute Gasteiger partial charge is 0.323 e. The second-order valence-corrected chi connectivity index (χ2v) is 8.85. The maximum Gasteiger partial charge on any atom is 0.323 e. The van der Waals surface area contributed by atoms with E-state index >= 15 is 0 Å². The van der Waals surface area contributed by atoms with Crippen molar-refractivity contribution in [2.24, 2.45) is 0 Å². The highest BCUT2D eigenvalue weighted by Gasteiger charge is 2.20. The van der Waals surface area contributed by atoms with Crippen molar-refractivity contribution in [3.05, 3.63) is 66.8 Å². The molecule has 6 nitrogen and oxygen atoms in total. The Morgan fingerprint density at radius 3 is 2.45 bits per heavy atom. The normalized spacial score (nSPS) is 11.4. The molecule has 2 rings (SSSR count). The lowest BCUT2D eigenvalue weighted by Gasteiger charge is -2.21. The van der Waals surface area contributed by atoms with E-state index < -0.39 is 27.5 Å². The summed E-state index contributed by atoms with van der Waals surface area (Å²) in [6, 6.07) is 9.07. The number of hydrogen-bond donors (Lipinski definition) is 1. The van der Waals surface area contributed by atoms with E-state index in [9.17, 15) is 17.2 Å². The summed E-state index contributed by atoms with van der Waals surface area (Å²) in [5.74, 6) is -0.982. The fourth-order valence-electron chi connectivity index (χ4n) is 2.84. The van der Waals surface area contributed by atoms with E-state index in [0.29, 0.717) is 18.0 Å². The molecule has 1 N–H and O–H groups in total. The zero-order valence-corrected chi connectivity index (χ0v) is 18.7. The molecule has 0 aromatic heterocycles. The first-order chi connectivity index (χ1) is 14.7. The molecule has 0 heterocycles. The second kappa shape index (κ2) is 11.7. The first-order valence-corrected chi connectivity index (χ1v) is 11.4. The van der Waals surface area contributed by atoms with Gasteiger partial charge in [-0.15, -0.1) is 6.58 Å². The monoisotopic (exact) mass is 453 g/mol. The molecule has 0 saturated carbocycles. The van der Waals surface area contributed by atoms with E-state index in [4.69, 9.17) is 4.74 Å². The molecule has 9 heteroatoms. The number of nitrogens with zero attached hydrogens (tertiary/aromatic N) is 2. The van der Waals surface area contributed by atoms with Crippen molar-refractivity contribution in [1.82, 2.24) is 4.90 Å². The number of rotatable bonds is 13. The maximum absolute atomic E-state index is 13.8. The number of hydrogen-bond acceptors (Lipinski definition) is 4. The van der Waals surface area contributed by atoms with E-state index in [2.05, 4.69) is 23.2 Å². The van der Waals surface area contributed by atoms with Gasteiger partial charge in [0.1, 0.15) is 17.4 Å². The first kappa shape index (κ1) is 24.6. The molecule has 31 heavy (non-hydrogen) atoms. The third-order valence-electron chi connectivity index (χ3n) is 4.62. The fourth-order valence-corrected chi connectivity index (χ4v) is 3.81. The average Bonchev–Trinajstić information content (AvgIpc) is 2.73. The summed E-state index contributed by atoms with van der Waals surface area (Å²) in [6.45, 7) is 6.17. The van der Waals surface area contributed by atoms with E-state index in [-0.39, 0.29) is 0 Å². The van der Waals surface area contributed by atoms with Crippen LogP contribution in [0.2, 0.25) is 0 Å². The third kappa shape index (κ3) is 7.84. The summed E-state index contributed by atoms with van der Waals surface area (Å²) in [5, 5.41) is 0. The van der Waals surface area contributed by atoms with Crippen LogP contribution in [0.3, 0.4) is 0 Å². The summed E-state index contributed by atoms with van der Waals surface area (Å²) in [5.41, 5.74) is -0.107. The van der Waals surface area contributed by atoms with Gasteiger partial charge in [-0.2, -0.15) is 8.42 Å². The van der Waals surface area contributed by atoms with E-state index in [0.717, 1.165) is 54.9 Å². The molecule has 0 atom stereocenters. The lowest BCUT2D eigenvalue weighted by molar-refractivity contribution is 0.296. The van der Waals surface area contributed by atoms with Gasteiger partial charge in [0.15, 0.2) is 0 Å². The number of benzene rings is 2. The van der Waals surface area contributed by atoms with Gasteiger partial charge < -0.3 is 9.64 Å². The Kier molecular flexibility index (Phi) is 9.26. The molecule has 2 aromatic carbocycles. The van der Waals surface area contributed by atoms with Crippen LogP contribution in [-0.2, 0) is 10.2 Å². The topological polar surface area (TPSA) is 61.9 Å². The Morgan fingerprint density at radius 2 is 1.77 bits per heavy atom. The van der Waals surface area contributed by atoms with E-state index in [1.807, 2.05) is 6.08 Å². The first-order valence-electron chi connectivity index (χ1n) is 9.97. The Bertz CT molecular complexity index is 953. The molecule has 0 fully saturated rings. The highest BCUT2D eigenvalue weighted by molar-refractivity contribution is 7.94. The molecule has 0 amide bonds. The summed E-state index contributed by atoms with van der Waals surface area (Å²) in [6.07, 6.45) is 4.92. The minimum Gasteiger partial charge on any atom is -0.494 e. The van der Waals surface area contributed by atoms with Crippen LogP contribution in [0.1, 0.15) is 19.3 Å². The number of ether oxygens (including phenoxy) is 1. The molecule has 0 unspecified atom stereocenters. The Morgan fingerprint density at radius 1 is 1.06 bits per heavy atom. The van der Waals surface area contributed by atoms with Gasteiger partial charge in [-0.3, -0.25) is 9.03 Å². The van der Waals surface area contributed by atoms with Crippen LogP contribution < -0.4 is 13.8 Å². The second-order valence-electron chi connectivity index (χ2n) is 7.15. The van der Waals surface area contributed by atoms with Gasteiger partial charge in [-0.25, -0.2) is 8.78 Å². The summed E-state index contributed by atoms with van der Waals surface area (Å²) < 4.78 is 60.7. The number of likely N-dealkylation sites (N-methyl/N-ethyl adjacent to an activating group) is 1. The zero-order chi connectivity index (χ0) is 22.9. The summed E-state index contributed by atoms with van der Waals surface area (Å²) >= 11 is 0. The van der Waals surface area contributed by atoms with Crippen LogP contribution in [0.15, 0.2) is 55.1 Å². The largest absolute Gasteiger partial charge is 0.494 e. The van der Waals surface area contributed by atoms with E-state index in [1.54, 1.807) is 24.3 Å². The van der Waals surface area contributed by atoms with Crippen LogP contribution in [0.25, 0.3) is 0 Å². The molecule has 0 spiro atoms. The summed E-state index contributed by atoms with van der Waals surface area (Å²) in [4.78, 5) is 2.20. The molecule has 0 saturated heterocycles. The minimum absolute atomic E-state index is 0.349. The lowest BCUT2D eigenvalue weighted by atomic mass is 10.2. The van der Waals surface area contributed by atoms with Crippen LogP contribution in [0.4, 0.5) is 20.2 Å².